The molecular formula is C15H18N4O2S. The van der Waals surface area contributed by atoms with Crippen molar-refractivity contribution in [3.63, 3.8) is 0 Å². The van der Waals surface area contributed by atoms with Gasteiger partial charge in [0.05, 0.1) is 17.1 Å². The van der Waals surface area contributed by atoms with Gasteiger partial charge < -0.3 is 0 Å². The second-order valence-corrected chi connectivity index (χ2v) is 7.93. The lowest BCUT2D eigenvalue weighted by molar-refractivity contribution is 0.189. The summed E-state index contributed by atoms with van der Waals surface area (Å²) in [5, 5.41) is 7.69. The average Bonchev–Trinajstić information content (AvgIpc) is 2.99. The monoisotopic (exact) mass is 318 g/mol. The summed E-state index contributed by atoms with van der Waals surface area (Å²) in [6.07, 6.45) is 7.78. The summed E-state index contributed by atoms with van der Waals surface area (Å²) in [7, 11) is -3.39. The molecule has 4 rings (SSSR count). The molecule has 22 heavy (non-hydrogen) atoms. The molecule has 0 bridgehead atoms. The molecule has 6 nitrogen and oxygen atoms in total. The minimum Gasteiger partial charge on any atom is -0.247 e. The smallest absolute Gasteiger partial charge is 0.243 e. The maximum Gasteiger partial charge on any atom is 0.243 e. The third kappa shape index (κ3) is 2.24. The molecule has 7 heteroatoms. The molecule has 2 heterocycles. The summed E-state index contributed by atoms with van der Waals surface area (Å²) in [6, 6.07) is 5.69. The van der Waals surface area contributed by atoms with E-state index in [0.717, 1.165) is 19.3 Å². The Morgan fingerprint density at radius 2 is 1.86 bits per heavy atom. The predicted molar refractivity (Wildman–Crippen MR) is 80.9 cm³/mol. The predicted octanol–water partition coefficient (Wildman–Crippen LogP) is 1.40. The van der Waals surface area contributed by atoms with Crippen LogP contribution in [0.25, 0.3) is 0 Å². The van der Waals surface area contributed by atoms with Crippen LogP contribution in [0.4, 0.5) is 0 Å². The molecule has 0 N–H and O–H groups in total. The Balaban J connectivity index is 1.55. The molecule has 1 aromatic heterocycles. The lowest BCUT2D eigenvalue weighted by atomic mass is 9.92. The molecule has 0 spiro atoms. The summed E-state index contributed by atoms with van der Waals surface area (Å²) >= 11 is 0. The van der Waals surface area contributed by atoms with E-state index in [1.54, 1.807) is 23.1 Å². The van der Waals surface area contributed by atoms with Gasteiger partial charge in [-0.25, -0.2) is 13.1 Å². The van der Waals surface area contributed by atoms with Crippen molar-refractivity contribution in [1.29, 1.82) is 0 Å². The fraction of sp³-hybridized carbons (Fsp3) is 0.467. The van der Waals surface area contributed by atoms with Crippen molar-refractivity contribution in [2.75, 3.05) is 13.1 Å². The van der Waals surface area contributed by atoms with Crippen molar-refractivity contribution in [1.82, 2.24) is 19.3 Å². The Labute approximate surface area is 129 Å². The van der Waals surface area contributed by atoms with Gasteiger partial charge >= 0.3 is 0 Å². The molecule has 2 aromatic rings. The Morgan fingerprint density at radius 1 is 1.09 bits per heavy atom. The molecule has 1 aliphatic carbocycles. The standard InChI is InChI=1S/C15H18N4O2S/c20-22(21,18-10-14(11-18)19-8-7-16-17-19)15-6-5-12-3-1-2-4-13(12)9-15/h5-9,14H,1-4,10-11H2. The third-order valence-corrected chi connectivity index (χ3v) is 6.43. The molecule has 2 aliphatic rings. The maximum absolute atomic E-state index is 12.7. The quantitative estimate of drug-likeness (QED) is 0.858. The van der Waals surface area contributed by atoms with Gasteiger partial charge in [0.25, 0.3) is 0 Å². The molecule has 0 amide bonds. The lowest BCUT2D eigenvalue weighted by Crippen LogP contribution is -2.50. The normalized spacial score (nSPS) is 19.6. The van der Waals surface area contributed by atoms with Gasteiger partial charge in [0.15, 0.2) is 0 Å². The van der Waals surface area contributed by atoms with Gasteiger partial charge in [-0.15, -0.1) is 5.10 Å². The Morgan fingerprint density at radius 3 is 2.59 bits per heavy atom. The fourth-order valence-electron chi connectivity index (χ4n) is 3.21. The summed E-state index contributed by atoms with van der Waals surface area (Å²) in [6.45, 7) is 0.922. The van der Waals surface area contributed by atoms with Crippen LogP contribution in [0.5, 0.6) is 0 Å². The number of benzene rings is 1. The SMILES string of the molecule is O=S(=O)(c1ccc2c(c1)CCCC2)N1CC(n2ccnn2)C1. The van der Waals surface area contributed by atoms with E-state index in [-0.39, 0.29) is 6.04 Å². The van der Waals surface area contributed by atoms with Crippen molar-refractivity contribution in [3.05, 3.63) is 41.7 Å². The number of rotatable bonds is 3. The number of hydrogen-bond acceptors (Lipinski definition) is 4. The summed E-state index contributed by atoms with van der Waals surface area (Å²) in [5.41, 5.74) is 2.50. The highest BCUT2D eigenvalue weighted by Crippen LogP contribution is 2.30. The Hall–Kier alpha value is -1.73. The second-order valence-electron chi connectivity index (χ2n) is 6.00. The van der Waals surface area contributed by atoms with Crippen LogP contribution in [0.15, 0.2) is 35.5 Å². The van der Waals surface area contributed by atoms with Crippen LogP contribution < -0.4 is 0 Å². The Kier molecular flexibility index (Phi) is 3.27. The first-order valence-corrected chi connectivity index (χ1v) is 9.06. The summed E-state index contributed by atoms with van der Waals surface area (Å²) in [5.74, 6) is 0. The van der Waals surface area contributed by atoms with Gasteiger partial charge in [-0.3, -0.25) is 0 Å². The van der Waals surface area contributed by atoms with Crippen molar-refractivity contribution in [3.8, 4) is 0 Å². The molecule has 0 atom stereocenters. The van der Waals surface area contributed by atoms with Crippen molar-refractivity contribution >= 4 is 10.0 Å². The molecule has 116 valence electrons. The van der Waals surface area contributed by atoms with Gasteiger partial charge in [0.2, 0.25) is 10.0 Å². The van der Waals surface area contributed by atoms with Gasteiger partial charge in [0, 0.05) is 19.3 Å². The highest BCUT2D eigenvalue weighted by atomic mass is 32.2. The van der Waals surface area contributed by atoms with E-state index in [4.69, 9.17) is 0 Å². The molecule has 1 aromatic carbocycles. The molecule has 1 fully saturated rings. The molecule has 0 radical (unpaired) electrons. The molecule has 0 unspecified atom stereocenters. The van der Waals surface area contributed by atoms with Crippen LogP contribution >= 0.6 is 0 Å². The van der Waals surface area contributed by atoms with E-state index in [2.05, 4.69) is 10.3 Å². The highest BCUT2D eigenvalue weighted by Gasteiger charge is 2.38. The average molecular weight is 318 g/mol. The van der Waals surface area contributed by atoms with Gasteiger partial charge in [0.1, 0.15) is 0 Å². The molecular weight excluding hydrogens is 300 g/mol. The van der Waals surface area contributed by atoms with Crippen LogP contribution in [0, 0.1) is 0 Å². The van der Waals surface area contributed by atoms with Crippen LogP contribution in [0.3, 0.4) is 0 Å². The van der Waals surface area contributed by atoms with Crippen molar-refractivity contribution < 1.29 is 8.42 Å². The van der Waals surface area contributed by atoms with E-state index in [9.17, 15) is 8.42 Å². The number of aromatic nitrogens is 3. The topological polar surface area (TPSA) is 68.1 Å². The van der Waals surface area contributed by atoms with Crippen molar-refractivity contribution in [2.24, 2.45) is 0 Å². The summed E-state index contributed by atoms with van der Waals surface area (Å²) in [4.78, 5) is 0.421. The molecule has 0 saturated carbocycles. The maximum atomic E-state index is 12.7. The zero-order chi connectivity index (χ0) is 15.2. The first-order valence-electron chi connectivity index (χ1n) is 7.62. The zero-order valence-electron chi connectivity index (χ0n) is 12.2. The van der Waals surface area contributed by atoms with Gasteiger partial charge in [-0.05, 0) is 48.9 Å². The molecule has 1 saturated heterocycles. The van der Waals surface area contributed by atoms with Crippen LogP contribution in [-0.4, -0.2) is 40.8 Å². The number of hydrogen-bond donors (Lipinski definition) is 0. The van der Waals surface area contributed by atoms with E-state index in [0.29, 0.717) is 18.0 Å². The highest BCUT2D eigenvalue weighted by molar-refractivity contribution is 7.89. The summed E-state index contributed by atoms with van der Waals surface area (Å²) < 4.78 is 28.6. The second kappa shape index (κ2) is 5.17. The third-order valence-electron chi connectivity index (χ3n) is 4.60. The van der Waals surface area contributed by atoms with E-state index in [1.165, 1.54) is 21.9 Å². The van der Waals surface area contributed by atoms with E-state index in [1.807, 2.05) is 12.1 Å². The van der Waals surface area contributed by atoms with Crippen LogP contribution in [0.2, 0.25) is 0 Å². The number of sulfonamides is 1. The fourth-order valence-corrected chi connectivity index (χ4v) is 4.78. The van der Waals surface area contributed by atoms with E-state index >= 15 is 0 Å². The van der Waals surface area contributed by atoms with Gasteiger partial charge in [-0.1, -0.05) is 11.3 Å². The Bertz CT molecular complexity index is 780. The minimum absolute atomic E-state index is 0.0925. The van der Waals surface area contributed by atoms with E-state index < -0.39 is 10.0 Å². The first kappa shape index (κ1) is 13.9. The first-order chi connectivity index (χ1) is 10.6. The van der Waals surface area contributed by atoms with Crippen LogP contribution in [0.1, 0.15) is 30.0 Å². The number of aryl methyl sites for hydroxylation is 2. The largest absolute Gasteiger partial charge is 0.247 e. The zero-order valence-corrected chi connectivity index (χ0v) is 13.0. The van der Waals surface area contributed by atoms with Crippen molar-refractivity contribution in [2.45, 2.75) is 36.6 Å². The van der Waals surface area contributed by atoms with Crippen LogP contribution in [-0.2, 0) is 22.9 Å². The number of fused-ring (bicyclic) bond motifs is 1. The van der Waals surface area contributed by atoms with Gasteiger partial charge in [-0.2, -0.15) is 4.31 Å². The lowest BCUT2D eigenvalue weighted by Gasteiger charge is -2.37. The minimum atomic E-state index is -3.39. The molecule has 1 aliphatic heterocycles. The number of nitrogens with zero attached hydrogens (tertiary/aromatic N) is 4.